The quantitative estimate of drug-likeness (QED) is 0.562. The highest BCUT2D eigenvalue weighted by Gasteiger charge is 2.27. The van der Waals surface area contributed by atoms with Crippen LogP contribution in [-0.4, -0.2) is 18.6 Å². The number of aromatic nitrogens is 1. The number of pyridine rings is 1. The van der Waals surface area contributed by atoms with Crippen LogP contribution in [0, 0.1) is 0 Å². The van der Waals surface area contributed by atoms with Gasteiger partial charge < -0.3 is 17.7 Å². The summed E-state index contributed by atoms with van der Waals surface area (Å²) < 4.78 is 63.1. The van der Waals surface area contributed by atoms with Crippen molar-refractivity contribution in [1.82, 2.24) is 4.98 Å². The summed E-state index contributed by atoms with van der Waals surface area (Å²) in [5.41, 5.74) is -1.21. The lowest BCUT2D eigenvalue weighted by Gasteiger charge is -2.14. The molecule has 0 N–H and O–H groups in total. The second-order valence-corrected chi connectivity index (χ2v) is 2.35. The normalized spacial score (nSPS) is 11.9. The van der Waals surface area contributed by atoms with Crippen LogP contribution in [0.5, 0.6) is 5.88 Å². The summed E-state index contributed by atoms with van der Waals surface area (Å²) in [7, 11) is 0. The van der Waals surface area contributed by atoms with Crippen molar-refractivity contribution in [1.29, 1.82) is 0 Å². The maximum absolute atomic E-state index is 12.1. The second-order valence-electron chi connectivity index (χ2n) is 2.35. The smallest absolute Gasteiger partial charge is 0.444 e. The van der Waals surface area contributed by atoms with Crippen molar-refractivity contribution >= 4 is 12.6 Å². The average molecular weight is 212 g/mol. The second kappa shape index (κ2) is 3.81. The molecule has 1 aromatic heterocycles. The van der Waals surface area contributed by atoms with Gasteiger partial charge in [-0.3, -0.25) is 4.98 Å². The zero-order valence-electron chi connectivity index (χ0n) is 6.63. The molecule has 2 nitrogen and oxygen atoms in total. The van der Waals surface area contributed by atoms with E-state index >= 15 is 0 Å². The summed E-state index contributed by atoms with van der Waals surface area (Å²) >= 11 is 0. The molecular weight excluding hydrogens is 208 g/mol. The van der Waals surface area contributed by atoms with Gasteiger partial charge in [0.1, 0.15) is 0 Å². The number of halogens is 5. The van der Waals surface area contributed by atoms with Crippen LogP contribution in [0.15, 0.2) is 18.2 Å². The highest BCUT2D eigenvalue weighted by molar-refractivity contribution is 6.72. The molecular formula is C6H4BF5NO-. The molecule has 0 unspecified atom stereocenters. The van der Waals surface area contributed by atoms with Gasteiger partial charge in [-0.25, -0.2) is 0 Å². The van der Waals surface area contributed by atoms with E-state index in [1.807, 2.05) is 0 Å². The zero-order chi connectivity index (χ0) is 10.8. The van der Waals surface area contributed by atoms with Crippen LogP contribution in [0.3, 0.4) is 0 Å². The number of hydrogen-bond donors (Lipinski definition) is 0. The molecule has 0 fully saturated rings. The van der Waals surface area contributed by atoms with Crippen molar-refractivity contribution in [3.63, 3.8) is 0 Å². The van der Waals surface area contributed by atoms with Crippen molar-refractivity contribution in [2.75, 3.05) is 0 Å². The van der Waals surface area contributed by atoms with Gasteiger partial charge in [0.15, 0.2) is 0 Å². The van der Waals surface area contributed by atoms with Crippen molar-refractivity contribution in [3.05, 3.63) is 18.2 Å². The highest BCUT2D eigenvalue weighted by Crippen LogP contribution is 2.12. The molecule has 0 aliphatic heterocycles. The Hall–Kier alpha value is -1.34. The molecule has 14 heavy (non-hydrogen) atoms. The summed E-state index contributed by atoms with van der Waals surface area (Å²) in [6.45, 7) is -8.47. The van der Waals surface area contributed by atoms with Crippen LogP contribution in [0.25, 0.3) is 0 Å². The largest absolute Gasteiger partial charge is 0.527 e. The van der Waals surface area contributed by atoms with E-state index in [0.29, 0.717) is 6.07 Å². The predicted molar refractivity (Wildman–Crippen MR) is 39.6 cm³/mol. The minimum atomic E-state index is -5.29. The maximum atomic E-state index is 12.1. The molecule has 0 aromatic carbocycles. The number of alkyl halides is 2. The van der Waals surface area contributed by atoms with Crippen LogP contribution in [0.2, 0.25) is 0 Å². The highest BCUT2D eigenvalue weighted by atomic mass is 19.4. The summed E-state index contributed by atoms with van der Waals surface area (Å²) in [6.07, 6.45) is 0. The fraction of sp³-hybridized carbons (Fsp3) is 0.167. The first-order chi connectivity index (χ1) is 6.39. The third kappa shape index (κ3) is 2.86. The van der Waals surface area contributed by atoms with Gasteiger partial charge in [0.2, 0.25) is 5.88 Å². The molecule has 0 aliphatic carbocycles. The number of ether oxygens (including phenoxy) is 1. The maximum Gasteiger partial charge on any atom is 0.527 e. The lowest BCUT2D eigenvalue weighted by molar-refractivity contribution is -0.0527. The van der Waals surface area contributed by atoms with E-state index in [9.17, 15) is 21.7 Å². The standard InChI is InChI=1S/C6H4BF5NO/c8-6(9)14-5-3-1-2-4(13-5)7(10,11)12/h1-3,6H/q-1. The lowest BCUT2D eigenvalue weighted by atomic mass is 9.86. The fourth-order valence-electron chi connectivity index (χ4n) is 0.770. The van der Waals surface area contributed by atoms with E-state index in [0.717, 1.165) is 12.1 Å². The van der Waals surface area contributed by atoms with Gasteiger partial charge >= 0.3 is 13.6 Å². The average Bonchev–Trinajstić information content (AvgIpc) is 2.01. The summed E-state index contributed by atoms with van der Waals surface area (Å²) in [6, 6.07) is 2.57. The molecule has 0 saturated heterocycles. The van der Waals surface area contributed by atoms with E-state index in [4.69, 9.17) is 0 Å². The fourth-order valence-corrected chi connectivity index (χ4v) is 0.770. The van der Waals surface area contributed by atoms with Gasteiger partial charge in [0.25, 0.3) is 0 Å². The molecule has 0 radical (unpaired) electrons. The van der Waals surface area contributed by atoms with E-state index in [-0.39, 0.29) is 0 Å². The molecule has 78 valence electrons. The third-order valence-electron chi connectivity index (χ3n) is 1.29. The molecule has 8 heteroatoms. The first-order valence-corrected chi connectivity index (χ1v) is 3.51. The van der Waals surface area contributed by atoms with Crippen LogP contribution >= 0.6 is 0 Å². The number of nitrogens with zero attached hydrogens (tertiary/aromatic N) is 1. The van der Waals surface area contributed by atoms with Crippen molar-refractivity contribution in [3.8, 4) is 5.88 Å². The SMILES string of the molecule is FC(F)Oc1cccc([B-](F)(F)F)n1. The van der Waals surface area contributed by atoms with Gasteiger partial charge in [-0.2, -0.15) is 8.78 Å². The Kier molecular flexibility index (Phi) is 2.92. The topological polar surface area (TPSA) is 22.1 Å². The summed E-state index contributed by atoms with van der Waals surface area (Å²) in [4.78, 5) is 2.88. The summed E-state index contributed by atoms with van der Waals surface area (Å²) in [5.74, 6) is -0.739. The Morgan fingerprint density at radius 3 is 2.36 bits per heavy atom. The molecule has 1 rings (SSSR count). The Balaban J connectivity index is 2.90. The molecule has 0 bridgehead atoms. The molecule has 0 amide bonds. The van der Waals surface area contributed by atoms with Crippen LogP contribution in [0.4, 0.5) is 21.7 Å². The minimum absolute atomic E-state index is 0.693. The van der Waals surface area contributed by atoms with Gasteiger partial charge in [-0.1, -0.05) is 12.1 Å². The monoisotopic (exact) mass is 212 g/mol. The first kappa shape index (κ1) is 10.7. The van der Waals surface area contributed by atoms with Gasteiger partial charge in [-0.05, 0) is 5.59 Å². The van der Waals surface area contributed by atoms with E-state index in [2.05, 4.69) is 9.72 Å². The Morgan fingerprint density at radius 2 is 1.86 bits per heavy atom. The molecule has 0 aliphatic rings. The van der Waals surface area contributed by atoms with E-state index in [1.54, 1.807) is 0 Å². The van der Waals surface area contributed by atoms with Crippen LogP contribution in [0.1, 0.15) is 0 Å². The first-order valence-electron chi connectivity index (χ1n) is 3.51. The molecule has 0 saturated carbocycles. The molecule has 0 atom stereocenters. The zero-order valence-corrected chi connectivity index (χ0v) is 6.63. The van der Waals surface area contributed by atoms with Gasteiger partial charge in [-0.15, -0.1) is 0 Å². The summed E-state index contributed by atoms with van der Waals surface area (Å²) in [5, 5.41) is 0. The lowest BCUT2D eigenvalue weighted by Crippen LogP contribution is -2.36. The Morgan fingerprint density at radius 1 is 1.21 bits per heavy atom. The van der Waals surface area contributed by atoms with Crippen LogP contribution in [-0.2, 0) is 0 Å². The van der Waals surface area contributed by atoms with Gasteiger partial charge in [0.05, 0.1) is 0 Å². The van der Waals surface area contributed by atoms with Crippen molar-refractivity contribution in [2.24, 2.45) is 0 Å². The number of rotatable bonds is 3. The predicted octanol–water partition coefficient (Wildman–Crippen LogP) is 1.74. The molecule has 1 heterocycles. The molecule has 1 aromatic rings. The number of hydrogen-bond acceptors (Lipinski definition) is 2. The Bertz CT molecular complexity index is 315. The van der Waals surface area contributed by atoms with E-state index < -0.39 is 25.1 Å². The minimum Gasteiger partial charge on any atom is -0.444 e. The van der Waals surface area contributed by atoms with Crippen molar-refractivity contribution < 1.29 is 26.5 Å². The molecule has 0 spiro atoms. The third-order valence-corrected chi connectivity index (χ3v) is 1.29. The van der Waals surface area contributed by atoms with Crippen LogP contribution < -0.4 is 10.3 Å². The van der Waals surface area contributed by atoms with Gasteiger partial charge in [0, 0.05) is 6.07 Å². The Labute approximate surface area is 75.8 Å². The van der Waals surface area contributed by atoms with E-state index in [1.165, 1.54) is 0 Å². The van der Waals surface area contributed by atoms with Crippen molar-refractivity contribution in [2.45, 2.75) is 6.61 Å².